The van der Waals surface area contributed by atoms with Crippen molar-refractivity contribution in [2.75, 3.05) is 0 Å². The summed E-state index contributed by atoms with van der Waals surface area (Å²) in [7, 11) is 1.70. The Labute approximate surface area is 126 Å². The summed E-state index contributed by atoms with van der Waals surface area (Å²) in [5.74, 6) is -1.39. The zero-order valence-electron chi connectivity index (χ0n) is 11.1. The van der Waals surface area contributed by atoms with E-state index in [9.17, 15) is 17.6 Å². The van der Waals surface area contributed by atoms with Crippen molar-refractivity contribution in [3.63, 3.8) is 0 Å². The van der Waals surface area contributed by atoms with Crippen LogP contribution in [-0.4, -0.2) is 9.78 Å². The summed E-state index contributed by atoms with van der Waals surface area (Å²) in [5, 5.41) is 4.14. The van der Waals surface area contributed by atoms with Crippen molar-refractivity contribution in [3.8, 4) is 5.75 Å². The van der Waals surface area contributed by atoms with E-state index in [-0.39, 0.29) is 12.4 Å². The van der Waals surface area contributed by atoms with Crippen LogP contribution in [0.3, 0.4) is 0 Å². The molecule has 8 heteroatoms. The average molecular weight is 367 g/mol. The Balaban J connectivity index is 2.21. The van der Waals surface area contributed by atoms with E-state index in [1.54, 1.807) is 18.7 Å². The van der Waals surface area contributed by atoms with Crippen LogP contribution in [0.4, 0.5) is 17.6 Å². The Morgan fingerprint density at radius 3 is 2.52 bits per heavy atom. The third-order valence-corrected chi connectivity index (χ3v) is 3.91. The molecule has 0 N–H and O–H groups in total. The molecular weight excluding hydrogens is 356 g/mol. The lowest BCUT2D eigenvalue weighted by molar-refractivity contribution is -0.140. The lowest BCUT2D eigenvalue weighted by Gasteiger charge is -2.11. The number of aryl methyl sites for hydroxylation is 2. The molecule has 1 aromatic carbocycles. The van der Waals surface area contributed by atoms with Crippen molar-refractivity contribution in [3.05, 3.63) is 45.4 Å². The van der Waals surface area contributed by atoms with Crippen LogP contribution in [0.2, 0.25) is 0 Å². The van der Waals surface area contributed by atoms with E-state index in [4.69, 9.17) is 4.74 Å². The molecule has 0 radical (unpaired) electrons. The number of rotatable bonds is 3. The van der Waals surface area contributed by atoms with E-state index in [2.05, 4.69) is 21.0 Å². The second-order valence-electron chi connectivity index (χ2n) is 4.40. The predicted octanol–water partition coefficient (Wildman–Crippen LogP) is 4.23. The monoisotopic (exact) mass is 366 g/mol. The van der Waals surface area contributed by atoms with Crippen molar-refractivity contribution in [2.24, 2.45) is 7.05 Å². The number of halogens is 5. The Kier molecular flexibility index (Phi) is 4.27. The summed E-state index contributed by atoms with van der Waals surface area (Å²) in [6.07, 6.45) is -4.76. The predicted molar refractivity (Wildman–Crippen MR) is 71.4 cm³/mol. The van der Waals surface area contributed by atoms with Gasteiger partial charge in [0, 0.05) is 7.05 Å². The summed E-state index contributed by atoms with van der Waals surface area (Å²) < 4.78 is 58.6. The van der Waals surface area contributed by atoms with Gasteiger partial charge in [0.2, 0.25) is 0 Å². The number of aromatic nitrogens is 2. The number of hydrogen-bond acceptors (Lipinski definition) is 2. The molecule has 1 aromatic heterocycles. The summed E-state index contributed by atoms with van der Waals surface area (Å²) in [6.45, 7) is 1.80. The molecule has 2 aromatic rings. The van der Waals surface area contributed by atoms with Gasteiger partial charge < -0.3 is 4.74 Å². The molecule has 0 atom stereocenters. The van der Waals surface area contributed by atoms with E-state index in [1.165, 1.54) is 0 Å². The van der Waals surface area contributed by atoms with Gasteiger partial charge in [0.25, 0.3) is 0 Å². The molecular formula is C13H11BrF4N2O. The standard InChI is InChI=1S/C13H11BrF4N2O/c1-7-12(14)11(20(2)19-7)6-21-8-3-4-10(15)9(5-8)13(16,17)18/h3-5H,6H2,1-2H3. The number of alkyl halides is 3. The average Bonchev–Trinajstić information content (AvgIpc) is 2.61. The molecule has 114 valence electrons. The van der Waals surface area contributed by atoms with Gasteiger partial charge in [-0.05, 0) is 41.1 Å². The summed E-state index contributed by atoms with van der Waals surface area (Å²) in [4.78, 5) is 0. The fraction of sp³-hybridized carbons (Fsp3) is 0.308. The highest BCUT2D eigenvalue weighted by molar-refractivity contribution is 9.10. The molecule has 0 aliphatic rings. The van der Waals surface area contributed by atoms with Gasteiger partial charge in [-0.3, -0.25) is 4.68 Å². The summed E-state index contributed by atoms with van der Waals surface area (Å²) in [5.41, 5.74) is 0.0665. The van der Waals surface area contributed by atoms with E-state index in [1.807, 2.05) is 0 Å². The molecule has 2 rings (SSSR count). The van der Waals surface area contributed by atoms with Crippen molar-refractivity contribution < 1.29 is 22.3 Å². The first-order valence-corrected chi connectivity index (χ1v) is 6.67. The van der Waals surface area contributed by atoms with Gasteiger partial charge in [-0.25, -0.2) is 4.39 Å². The van der Waals surface area contributed by atoms with Crippen LogP contribution in [0.15, 0.2) is 22.7 Å². The smallest absolute Gasteiger partial charge is 0.419 e. The topological polar surface area (TPSA) is 27.1 Å². The number of ether oxygens (including phenoxy) is 1. The quantitative estimate of drug-likeness (QED) is 0.760. The minimum Gasteiger partial charge on any atom is -0.487 e. The zero-order chi connectivity index (χ0) is 15.8. The first-order chi connectivity index (χ1) is 9.70. The molecule has 0 fully saturated rings. The highest BCUT2D eigenvalue weighted by Gasteiger charge is 2.34. The van der Waals surface area contributed by atoms with Crippen molar-refractivity contribution in [2.45, 2.75) is 19.7 Å². The zero-order valence-corrected chi connectivity index (χ0v) is 12.7. The maximum absolute atomic E-state index is 13.2. The van der Waals surface area contributed by atoms with Crippen LogP contribution in [0, 0.1) is 12.7 Å². The molecule has 0 spiro atoms. The Bertz CT molecular complexity index is 667. The van der Waals surface area contributed by atoms with Gasteiger partial charge in [-0.1, -0.05) is 0 Å². The highest BCUT2D eigenvalue weighted by Crippen LogP contribution is 2.34. The Morgan fingerprint density at radius 2 is 2.00 bits per heavy atom. The van der Waals surface area contributed by atoms with E-state index in [0.29, 0.717) is 11.8 Å². The van der Waals surface area contributed by atoms with Gasteiger partial charge in [0.15, 0.2) is 0 Å². The van der Waals surface area contributed by atoms with Crippen LogP contribution in [0.25, 0.3) is 0 Å². The fourth-order valence-corrected chi connectivity index (χ4v) is 2.25. The Hall–Kier alpha value is -1.57. The second kappa shape index (κ2) is 5.67. The third kappa shape index (κ3) is 3.37. The van der Waals surface area contributed by atoms with Gasteiger partial charge in [-0.15, -0.1) is 0 Å². The largest absolute Gasteiger partial charge is 0.487 e. The third-order valence-electron chi connectivity index (χ3n) is 2.88. The van der Waals surface area contributed by atoms with Crippen LogP contribution in [0.1, 0.15) is 17.0 Å². The van der Waals surface area contributed by atoms with Crippen LogP contribution in [-0.2, 0) is 19.8 Å². The number of nitrogens with zero attached hydrogens (tertiary/aromatic N) is 2. The summed E-state index contributed by atoms with van der Waals surface area (Å²) in [6, 6.07) is 2.54. The number of benzene rings is 1. The highest BCUT2D eigenvalue weighted by atomic mass is 79.9. The van der Waals surface area contributed by atoms with Gasteiger partial charge in [0.1, 0.15) is 18.2 Å². The van der Waals surface area contributed by atoms with E-state index in [0.717, 1.165) is 22.3 Å². The molecule has 0 saturated carbocycles. The van der Waals surface area contributed by atoms with Crippen molar-refractivity contribution >= 4 is 15.9 Å². The molecule has 0 unspecified atom stereocenters. The van der Waals surface area contributed by atoms with Crippen molar-refractivity contribution in [1.82, 2.24) is 9.78 Å². The summed E-state index contributed by atoms with van der Waals surface area (Å²) >= 11 is 3.33. The lowest BCUT2D eigenvalue weighted by Crippen LogP contribution is -2.09. The molecule has 21 heavy (non-hydrogen) atoms. The maximum Gasteiger partial charge on any atom is 0.419 e. The van der Waals surface area contributed by atoms with Crippen LogP contribution >= 0.6 is 15.9 Å². The van der Waals surface area contributed by atoms with Gasteiger partial charge >= 0.3 is 6.18 Å². The van der Waals surface area contributed by atoms with E-state index >= 15 is 0 Å². The second-order valence-corrected chi connectivity index (χ2v) is 5.19. The molecule has 0 amide bonds. The van der Waals surface area contributed by atoms with Gasteiger partial charge in [-0.2, -0.15) is 18.3 Å². The van der Waals surface area contributed by atoms with Crippen LogP contribution < -0.4 is 4.74 Å². The molecule has 3 nitrogen and oxygen atoms in total. The lowest BCUT2D eigenvalue weighted by atomic mass is 10.2. The molecule has 0 saturated heterocycles. The first kappa shape index (κ1) is 15.8. The molecule has 0 bridgehead atoms. The molecule has 0 aliphatic heterocycles. The normalized spacial score (nSPS) is 11.8. The first-order valence-electron chi connectivity index (χ1n) is 5.87. The minimum atomic E-state index is -4.76. The SMILES string of the molecule is Cc1nn(C)c(COc2ccc(F)c(C(F)(F)F)c2)c1Br. The van der Waals surface area contributed by atoms with E-state index < -0.39 is 17.6 Å². The Morgan fingerprint density at radius 1 is 1.33 bits per heavy atom. The van der Waals surface area contributed by atoms with Crippen molar-refractivity contribution in [1.29, 1.82) is 0 Å². The minimum absolute atomic E-state index is 0.0147. The van der Waals surface area contributed by atoms with Crippen LogP contribution in [0.5, 0.6) is 5.75 Å². The number of hydrogen-bond donors (Lipinski definition) is 0. The van der Waals surface area contributed by atoms with Gasteiger partial charge in [0.05, 0.1) is 21.4 Å². The molecule has 1 heterocycles. The fourth-order valence-electron chi connectivity index (χ4n) is 1.80. The maximum atomic E-state index is 13.2. The molecule has 0 aliphatic carbocycles.